The van der Waals surface area contributed by atoms with Gasteiger partial charge in [0.2, 0.25) is 5.91 Å². The second-order valence-electron chi connectivity index (χ2n) is 3.46. The molecule has 92 valence electrons. The third-order valence-electron chi connectivity index (χ3n) is 2.06. The van der Waals surface area contributed by atoms with Crippen LogP contribution < -0.4 is 5.32 Å². The summed E-state index contributed by atoms with van der Waals surface area (Å²) in [6, 6.07) is 5.11. The first-order valence-corrected chi connectivity index (χ1v) is 5.11. The van der Waals surface area contributed by atoms with E-state index < -0.39 is 11.9 Å². The van der Waals surface area contributed by atoms with Crippen molar-refractivity contribution in [1.82, 2.24) is 5.32 Å². The van der Waals surface area contributed by atoms with Crippen molar-refractivity contribution >= 4 is 12.0 Å². The molecule has 0 heterocycles. The fourth-order valence-electron chi connectivity index (χ4n) is 1.18. The van der Waals surface area contributed by atoms with Gasteiger partial charge in [-0.05, 0) is 23.8 Å². The maximum absolute atomic E-state index is 12.8. The van der Waals surface area contributed by atoms with Gasteiger partial charge in [-0.25, -0.2) is 4.39 Å². The molecule has 1 amide bonds. The van der Waals surface area contributed by atoms with E-state index in [1.54, 1.807) is 6.07 Å². The number of hydrogen-bond acceptors (Lipinski definition) is 3. The molecule has 0 saturated carbocycles. The number of carbonyl (C=O) groups excluding carboxylic acids is 1. The summed E-state index contributed by atoms with van der Waals surface area (Å²) in [5, 5.41) is 19.9. The van der Waals surface area contributed by atoms with Crippen LogP contribution in [0.25, 0.3) is 6.08 Å². The average Bonchev–Trinajstić information content (AvgIpc) is 2.33. The monoisotopic (exact) mass is 239 g/mol. The number of benzene rings is 1. The first-order chi connectivity index (χ1) is 8.15. The van der Waals surface area contributed by atoms with Gasteiger partial charge in [-0.3, -0.25) is 4.79 Å². The van der Waals surface area contributed by atoms with Crippen molar-refractivity contribution in [3.05, 3.63) is 41.7 Å². The molecule has 0 spiro atoms. The van der Waals surface area contributed by atoms with E-state index in [0.717, 1.165) is 0 Å². The van der Waals surface area contributed by atoms with Gasteiger partial charge in [0.15, 0.2) is 0 Å². The highest BCUT2D eigenvalue weighted by molar-refractivity contribution is 5.91. The van der Waals surface area contributed by atoms with Crippen molar-refractivity contribution in [2.75, 3.05) is 13.2 Å². The summed E-state index contributed by atoms with van der Waals surface area (Å²) in [6.07, 6.45) is 2.66. The number of nitrogens with one attached hydrogen (secondary N) is 1. The minimum absolute atomic E-state index is 0.337. The van der Waals surface area contributed by atoms with E-state index in [2.05, 4.69) is 5.32 Å². The highest BCUT2D eigenvalue weighted by Gasteiger charge is 2.06. The van der Waals surface area contributed by atoms with Crippen LogP contribution in [0.3, 0.4) is 0 Å². The Bertz CT molecular complexity index is 402. The van der Waals surface area contributed by atoms with Crippen LogP contribution in [0, 0.1) is 5.82 Å². The lowest BCUT2D eigenvalue weighted by Crippen LogP contribution is -2.39. The fraction of sp³-hybridized carbons (Fsp3) is 0.250. The van der Waals surface area contributed by atoms with Gasteiger partial charge in [0, 0.05) is 6.08 Å². The van der Waals surface area contributed by atoms with E-state index >= 15 is 0 Å². The van der Waals surface area contributed by atoms with Gasteiger partial charge in [-0.1, -0.05) is 12.1 Å². The lowest BCUT2D eigenvalue weighted by Gasteiger charge is -2.10. The predicted molar refractivity (Wildman–Crippen MR) is 61.5 cm³/mol. The van der Waals surface area contributed by atoms with Crippen LogP contribution >= 0.6 is 0 Å². The molecule has 0 saturated heterocycles. The van der Waals surface area contributed by atoms with E-state index in [9.17, 15) is 9.18 Å². The molecule has 0 atom stereocenters. The van der Waals surface area contributed by atoms with Crippen molar-refractivity contribution < 1.29 is 19.4 Å². The molecule has 0 bridgehead atoms. The van der Waals surface area contributed by atoms with Crippen molar-refractivity contribution in [3.8, 4) is 0 Å². The minimum atomic E-state index is -0.681. The van der Waals surface area contributed by atoms with E-state index in [-0.39, 0.29) is 19.0 Å². The van der Waals surface area contributed by atoms with E-state index in [0.29, 0.717) is 5.56 Å². The average molecular weight is 239 g/mol. The van der Waals surface area contributed by atoms with Gasteiger partial charge in [0.25, 0.3) is 0 Å². The SMILES string of the molecule is O=C(C=Cc1cccc(F)c1)NC(CO)CO. The summed E-state index contributed by atoms with van der Waals surface area (Å²) in [5.41, 5.74) is 0.560. The van der Waals surface area contributed by atoms with E-state index in [1.807, 2.05) is 0 Å². The lowest BCUT2D eigenvalue weighted by atomic mass is 10.2. The molecule has 3 N–H and O–H groups in total. The minimum Gasteiger partial charge on any atom is -0.394 e. The van der Waals surface area contributed by atoms with Gasteiger partial charge in [0.05, 0.1) is 19.3 Å². The maximum atomic E-state index is 12.8. The fourth-order valence-corrected chi connectivity index (χ4v) is 1.18. The smallest absolute Gasteiger partial charge is 0.244 e. The highest BCUT2D eigenvalue weighted by Crippen LogP contribution is 2.05. The third-order valence-corrected chi connectivity index (χ3v) is 2.06. The van der Waals surface area contributed by atoms with Crippen molar-refractivity contribution in [2.45, 2.75) is 6.04 Å². The van der Waals surface area contributed by atoms with Crippen LogP contribution in [-0.4, -0.2) is 35.4 Å². The molecule has 4 nitrogen and oxygen atoms in total. The number of hydrogen-bond donors (Lipinski definition) is 3. The Morgan fingerprint density at radius 2 is 2.12 bits per heavy atom. The van der Waals surface area contributed by atoms with Crippen molar-refractivity contribution in [3.63, 3.8) is 0 Å². The zero-order chi connectivity index (χ0) is 12.7. The molecule has 0 aliphatic rings. The van der Waals surface area contributed by atoms with Crippen molar-refractivity contribution in [1.29, 1.82) is 0 Å². The highest BCUT2D eigenvalue weighted by atomic mass is 19.1. The summed E-state index contributed by atoms with van der Waals surface area (Å²) in [4.78, 5) is 11.3. The second kappa shape index (κ2) is 6.78. The Balaban J connectivity index is 2.56. The first kappa shape index (κ1) is 13.3. The van der Waals surface area contributed by atoms with Gasteiger partial charge in [-0.2, -0.15) is 0 Å². The van der Waals surface area contributed by atoms with Crippen LogP contribution in [0.5, 0.6) is 0 Å². The summed E-state index contributed by atoms with van der Waals surface area (Å²) in [6.45, 7) is -0.675. The normalized spacial score (nSPS) is 11.1. The van der Waals surface area contributed by atoms with Gasteiger partial charge in [-0.15, -0.1) is 0 Å². The van der Waals surface area contributed by atoms with E-state index in [1.165, 1.54) is 30.4 Å². The van der Waals surface area contributed by atoms with Crippen molar-refractivity contribution in [2.24, 2.45) is 0 Å². The van der Waals surface area contributed by atoms with Crippen LogP contribution in [0.15, 0.2) is 30.3 Å². The van der Waals surface area contributed by atoms with Crippen LogP contribution in [-0.2, 0) is 4.79 Å². The summed E-state index contributed by atoms with van der Waals surface area (Å²) >= 11 is 0. The molecule has 5 heteroatoms. The Labute approximate surface area is 98.4 Å². The zero-order valence-electron chi connectivity index (χ0n) is 9.14. The molecular formula is C12H14FNO3. The maximum Gasteiger partial charge on any atom is 0.244 e. The molecule has 17 heavy (non-hydrogen) atoms. The molecule has 0 aliphatic carbocycles. The summed E-state index contributed by atoms with van der Waals surface area (Å²) in [7, 11) is 0. The Morgan fingerprint density at radius 3 is 2.71 bits per heavy atom. The molecular weight excluding hydrogens is 225 g/mol. The summed E-state index contributed by atoms with van der Waals surface area (Å²) in [5.74, 6) is -0.835. The standard InChI is InChI=1S/C12H14FNO3/c13-10-3-1-2-9(6-10)4-5-12(17)14-11(7-15)8-16/h1-6,11,15-16H,7-8H2,(H,14,17). The summed E-state index contributed by atoms with van der Waals surface area (Å²) < 4.78 is 12.8. The molecule has 0 fully saturated rings. The Hall–Kier alpha value is -1.72. The molecule has 0 aliphatic heterocycles. The van der Waals surface area contributed by atoms with Crippen LogP contribution in [0.1, 0.15) is 5.56 Å². The number of aliphatic hydroxyl groups excluding tert-OH is 2. The molecule has 0 radical (unpaired) electrons. The number of rotatable bonds is 5. The topological polar surface area (TPSA) is 69.6 Å². The number of halogens is 1. The quantitative estimate of drug-likeness (QED) is 0.648. The number of aliphatic hydroxyl groups is 2. The molecule has 1 aromatic carbocycles. The first-order valence-electron chi connectivity index (χ1n) is 5.11. The lowest BCUT2D eigenvalue weighted by molar-refractivity contribution is -0.117. The Morgan fingerprint density at radius 1 is 1.41 bits per heavy atom. The Kier molecular flexibility index (Phi) is 5.32. The van der Waals surface area contributed by atoms with Crippen LogP contribution in [0.2, 0.25) is 0 Å². The number of carbonyl (C=O) groups is 1. The van der Waals surface area contributed by atoms with Gasteiger partial charge < -0.3 is 15.5 Å². The zero-order valence-corrected chi connectivity index (χ0v) is 9.14. The second-order valence-corrected chi connectivity index (χ2v) is 3.46. The molecule has 1 rings (SSSR count). The largest absolute Gasteiger partial charge is 0.394 e. The van der Waals surface area contributed by atoms with Gasteiger partial charge >= 0.3 is 0 Å². The number of amides is 1. The molecule has 0 aromatic heterocycles. The van der Waals surface area contributed by atoms with E-state index in [4.69, 9.17) is 10.2 Å². The third kappa shape index (κ3) is 4.76. The molecule has 1 aromatic rings. The molecule has 0 unspecified atom stereocenters. The van der Waals surface area contributed by atoms with Gasteiger partial charge in [0.1, 0.15) is 5.82 Å². The van der Waals surface area contributed by atoms with Crippen LogP contribution in [0.4, 0.5) is 4.39 Å². The predicted octanol–water partition coefficient (Wildman–Crippen LogP) is 0.308.